The van der Waals surface area contributed by atoms with E-state index in [2.05, 4.69) is 17.6 Å². The normalized spacial score (nSPS) is 11.2. The Bertz CT molecular complexity index is 193. The van der Waals surface area contributed by atoms with Gasteiger partial charge in [0.1, 0.15) is 0 Å². The molecule has 0 aliphatic heterocycles. The van der Waals surface area contributed by atoms with E-state index in [0.717, 1.165) is 45.8 Å². The number of rotatable bonds is 21. The molecule has 0 aliphatic rings. The Morgan fingerprint density at radius 1 is 0.583 bits per heavy atom. The molecule has 0 radical (unpaired) electrons. The van der Waals surface area contributed by atoms with Crippen LogP contribution in [0.5, 0.6) is 0 Å². The van der Waals surface area contributed by atoms with Crippen LogP contribution in [0.15, 0.2) is 0 Å². The van der Waals surface area contributed by atoms with Crippen LogP contribution in [0.2, 0.25) is 0 Å². The molecule has 0 amide bonds. The smallest absolute Gasteiger partial charge is 0.0478 e. The molecule has 0 spiro atoms. The molecule has 0 aromatic rings. The lowest BCUT2D eigenvalue weighted by molar-refractivity contribution is 0.127. The topological polar surface area (TPSA) is 59.3 Å². The van der Waals surface area contributed by atoms with Gasteiger partial charge in [0.05, 0.1) is 0 Å². The average molecular weight is 344 g/mol. The highest BCUT2D eigenvalue weighted by molar-refractivity contribution is 4.52. The summed E-state index contributed by atoms with van der Waals surface area (Å²) in [5.74, 6) is 0. The van der Waals surface area contributed by atoms with Crippen LogP contribution in [0.4, 0.5) is 0 Å². The van der Waals surface area contributed by atoms with Gasteiger partial charge in [-0.2, -0.15) is 0 Å². The second kappa shape index (κ2) is 22.8. The van der Waals surface area contributed by atoms with Crippen molar-refractivity contribution in [1.29, 1.82) is 0 Å². The number of unbranched alkanes of at least 4 members (excludes halogenated alkanes) is 10. The van der Waals surface area contributed by atoms with Crippen LogP contribution in [0.25, 0.3) is 0 Å². The third-order valence-electron chi connectivity index (χ3n) is 4.33. The molecule has 0 atom stereocenters. The van der Waals surface area contributed by atoms with Crippen LogP contribution < -0.4 is 16.4 Å². The van der Waals surface area contributed by atoms with Gasteiger partial charge in [-0.25, -0.2) is 0 Å². The SMILES string of the molecule is CCCCCCCCCCCCCOCCCNCCNCCN. The molecule has 0 saturated carbocycles. The molecule has 4 heteroatoms. The van der Waals surface area contributed by atoms with E-state index < -0.39 is 0 Å². The average Bonchev–Trinajstić information content (AvgIpc) is 2.60. The van der Waals surface area contributed by atoms with Crippen molar-refractivity contribution >= 4 is 0 Å². The van der Waals surface area contributed by atoms with Gasteiger partial charge in [-0.3, -0.25) is 0 Å². The van der Waals surface area contributed by atoms with Gasteiger partial charge < -0.3 is 21.1 Å². The molecule has 0 aromatic carbocycles. The lowest BCUT2D eigenvalue weighted by Gasteiger charge is -2.07. The first-order valence-corrected chi connectivity index (χ1v) is 10.6. The molecular weight excluding hydrogens is 298 g/mol. The summed E-state index contributed by atoms with van der Waals surface area (Å²) >= 11 is 0. The van der Waals surface area contributed by atoms with Crippen LogP contribution in [0, 0.1) is 0 Å². The van der Waals surface area contributed by atoms with Crippen LogP contribution in [0.1, 0.15) is 84.0 Å². The van der Waals surface area contributed by atoms with E-state index in [1.807, 2.05) is 0 Å². The van der Waals surface area contributed by atoms with Crippen molar-refractivity contribution in [2.45, 2.75) is 84.0 Å². The monoisotopic (exact) mass is 343 g/mol. The molecule has 24 heavy (non-hydrogen) atoms. The molecule has 0 aliphatic carbocycles. The highest BCUT2D eigenvalue weighted by Gasteiger charge is 1.94. The molecule has 4 N–H and O–H groups in total. The Balaban J connectivity index is 2.93. The van der Waals surface area contributed by atoms with Crippen molar-refractivity contribution in [1.82, 2.24) is 10.6 Å². The van der Waals surface area contributed by atoms with Crippen molar-refractivity contribution in [2.24, 2.45) is 5.73 Å². The molecule has 146 valence electrons. The Kier molecular flexibility index (Phi) is 22.7. The summed E-state index contributed by atoms with van der Waals surface area (Å²) in [6, 6.07) is 0. The minimum Gasteiger partial charge on any atom is -0.381 e. The summed E-state index contributed by atoms with van der Waals surface area (Å²) in [6.45, 7) is 8.79. The van der Waals surface area contributed by atoms with Crippen LogP contribution in [0.3, 0.4) is 0 Å². The maximum atomic E-state index is 5.69. The third-order valence-corrected chi connectivity index (χ3v) is 4.33. The first-order valence-electron chi connectivity index (χ1n) is 10.6. The molecule has 0 fully saturated rings. The van der Waals surface area contributed by atoms with Crippen molar-refractivity contribution < 1.29 is 4.74 Å². The Hall–Kier alpha value is -0.160. The maximum Gasteiger partial charge on any atom is 0.0478 e. The lowest BCUT2D eigenvalue weighted by atomic mass is 10.1. The second-order valence-electron chi connectivity index (χ2n) is 6.79. The summed E-state index contributed by atoms with van der Waals surface area (Å²) in [7, 11) is 0. The summed E-state index contributed by atoms with van der Waals surface area (Å²) in [5.41, 5.74) is 5.41. The zero-order valence-corrected chi connectivity index (χ0v) is 16.4. The van der Waals surface area contributed by atoms with E-state index in [4.69, 9.17) is 10.5 Å². The van der Waals surface area contributed by atoms with Crippen molar-refractivity contribution in [3.8, 4) is 0 Å². The summed E-state index contributed by atoms with van der Waals surface area (Å²) in [4.78, 5) is 0. The van der Waals surface area contributed by atoms with E-state index in [1.165, 1.54) is 70.6 Å². The molecule has 0 aromatic heterocycles. The van der Waals surface area contributed by atoms with Crippen molar-refractivity contribution in [3.05, 3.63) is 0 Å². The maximum absolute atomic E-state index is 5.69. The highest BCUT2D eigenvalue weighted by atomic mass is 16.5. The number of hydrogen-bond donors (Lipinski definition) is 3. The fraction of sp³-hybridized carbons (Fsp3) is 1.00. The number of nitrogens with one attached hydrogen (secondary N) is 2. The Morgan fingerprint density at radius 3 is 1.67 bits per heavy atom. The van der Waals surface area contributed by atoms with Gasteiger partial charge in [0.2, 0.25) is 0 Å². The van der Waals surface area contributed by atoms with Gasteiger partial charge in [-0.15, -0.1) is 0 Å². The molecular formula is C20H45N3O. The van der Waals surface area contributed by atoms with Crippen molar-refractivity contribution in [2.75, 3.05) is 45.9 Å². The fourth-order valence-corrected chi connectivity index (χ4v) is 2.80. The van der Waals surface area contributed by atoms with Crippen LogP contribution in [-0.2, 0) is 4.74 Å². The van der Waals surface area contributed by atoms with Gasteiger partial charge >= 0.3 is 0 Å². The van der Waals surface area contributed by atoms with Gasteiger partial charge in [-0.05, 0) is 19.4 Å². The quantitative estimate of drug-likeness (QED) is 0.277. The Morgan fingerprint density at radius 2 is 1.08 bits per heavy atom. The highest BCUT2D eigenvalue weighted by Crippen LogP contribution is 2.11. The molecule has 4 nitrogen and oxygen atoms in total. The van der Waals surface area contributed by atoms with E-state index in [9.17, 15) is 0 Å². The first kappa shape index (κ1) is 23.8. The standard InChI is InChI=1S/C20H45N3O/c1-2-3-4-5-6-7-8-9-10-11-12-19-24-20-13-15-22-17-18-23-16-14-21/h22-23H,2-21H2,1H3. The fourth-order valence-electron chi connectivity index (χ4n) is 2.80. The van der Waals surface area contributed by atoms with E-state index in [-0.39, 0.29) is 0 Å². The zero-order valence-electron chi connectivity index (χ0n) is 16.4. The molecule has 0 rings (SSSR count). The van der Waals surface area contributed by atoms with Gasteiger partial charge in [0, 0.05) is 39.4 Å². The first-order chi connectivity index (χ1) is 11.9. The minimum absolute atomic E-state index is 0.715. The minimum atomic E-state index is 0.715. The zero-order chi connectivity index (χ0) is 17.6. The lowest BCUT2D eigenvalue weighted by Crippen LogP contribution is -2.31. The molecule has 0 saturated heterocycles. The van der Waals surface area contributed by atoms with Gasteiger partial charge in [0.15, 0.2) is 0 Å². The summed E-state index contributed by atoms with van der Waals surface area (Å²) in [5, 5.41) is 6.68. The van der Waals surface area contributed by atoms with E-state index >= 15 is 0 Å². The van der Waals surface area contributed by atoms with E-state index in [1.54, 1.807) is 0 Å². The van der Waals surface area contributed by atoms with Crippen LogP contribution >= 0.6 is 0 Å². The predicted octanol–water partition coefficient (Wildman–Crippen LogP) is 3.84. The molecule has 0 bridgehead atoms. The second-order valence-corrected chi connectivity index (χ2v) is 6.79. The third kappa shape index (κ3) is 21.8. The summed E-state index contributed by atoms with van der Waals surface area (Å²) in [6.07, 6.45) is 16.4. The number of hydrogen-bond acceptors (Lipinski definition) is 4. The number of nitrogens with two attached hydrogens (primary N) is 1. The van der Waals surface area contributed by atoms with Crippen molar-refractivity contribution in [3.63, 3.8) is 0 Å². The van der Waals surface area contributed by atoms with Gasteiger partial charge in [-0.1, -0.05) is 71.1 Å². The predicted molar refractivity (Wildman–Crippen MR) is 107 cm³/mol. The molecule has 0 unspecified atom stereocenters. The summed E-state index contributed by atoms with van der Waals surface area (Å²) < 4.78 is 5.69. The largest absolute Gasteiger partial charge is 0.381 e. The Labute approximate surface area is 151 Å². The van der Waals surface area contributed by atoms with Crippen LogP contribution in [-0.4, -0.2) is 45.9 Å². The van der Waals surface area contributed by atoms with Gasteiger partial charge in [0.25, 0.3) is 0 Å². The number of ether oxygens (including phenoxy) is 1. The van der Waals surface area contributed by atoms with E-state index in [0.29, 0.717) is 6.54 Å². The molecule has 0 heterocycles.